The number of rotatable bonds is 6. The lowest BCUT2D eigenvalue weighted by molar-refractivity contribution is -0.136. The van der Waals surface area contributed by atoms with Crippen molar-refractivity contribution in [1.29, 1.82) is 0 Å². The van der Waals surface area contributed by atoms with Gasteiger partial charge in [0.05, 0.1) is 5.75 Å². The van der Waals surface area contributed by atoms with Crippen molar-refractivity contribution in [2.75, 3.05) is 18.8 Å². The summed E-state index contributed by atoms with van der Waals surface area (Å²) in [7, 11) is -3.15. The number of sulfonamides is 1. The molecule has 0 unspecified atom stereocenters. The van der Waals surface area contributed by atoms with Gasteiger partial charge >= 0.3 is 0 Å². The molecule has 0 atom stereocenters. The smallest absolute Gasteiger partial charge is 0.225 e. The molecule has 6 heteroatoms. The number of likely N-dealkylation sites (tertiary alicyclic amines) is 1. The van der Waals surface area contributed by atoms with Crippen LogP contribution in [0.15, 0.2) is 0 Å². The maximum atomic E-state index is 12.3. The van der Waals surface area contributed by atoms with Gasteiger partial charge in [-0.25, -0.2) is 13.1 Å². The summed E-state index contributed by atoms with van der Waals surface area (Å²) >= 11 is 0. The first kappa shape index (κ1) is 16.7. The maximum Gasteiger partial charge on any atom is 0.225 e. The van der Waals surface area contributed by atoms with Crippen molar-refractivity contribution in [3.05, 3.63) is 0 Å². The van der Waals surface area contributed by atoms with Crippen molar-refractivity contribution in [1.82, 2.24) is 9.62 Å². The van der Waals surface area contributed by atoms with Crippen LogP contribution in [0.4, 0.5) is 0 Å². The van der Waals surface area contributed by atoms with E-state index in [9.17, 15) is 13.2 Å². The zero-order valence-corrected chi connectivity index (χ0v) is 13.8. The highest BCUT2D eigenvalue weighted by atomic mass is 32.2. The van der Waals surface area contributed by atoms with E-state index in [-0.39, 0.29) is 17.7 Å². The molecule has 0 aromatic rings. The zero-order valence-electron chi connectivity index (χ0n) is 13.0. The van der Waals surface area contributed by atoms with Crippen molar-refractivity contribution in [2.24, 2.45) is 5.92 Å². The summed E-state index contributed by atoms with van der Waals surface area (Å²) in [4.78, 5) is 14.3. The van der Waals surface area contributed by atoms with Crippen LogP contribution in [0.25, 0.3) is 0 Å². The van der Waals surface area contributed by atoms with Crippen molar-refractivity contribution in [2.45, 2.75) is 64.3 Å². The van der Waals surface area contributed by atoms with E-state index >= 15 is 0 Å². The fraction of sp³-hybridized carbons (Fsp3) is 0.933. The number of unbranched alkanes of at least 4 members (excludes halogenated alkanes) is 1. The molecule has 2 aliphatic rings. The molecule has 21 heavy (non-hydrogen) atoms. The van der Waals surface area contributed by atoms with Crippen LogP contribution in [0.1, 0.15) is 58.3 Å². The topological polar surface area (TPSA) is 66.5 Å². The molecule has 2 fully saturated rings. The second kappa shape index (κ2) is 7.58. The molecule has 5 nitrogen and oxygen atoms in total. The Labute approximate surface area is 128 Å². The second-order valence-electron chi connectivity index (χ2n) is 6.37. The summed E-state index contributed by atoms with van der Waals surface area (Å²) in [5.74, 6) is 0.729. The molecule has 2 rings (SSSR count). The molecule has 1 amide bonds. The molecule has 0 bridgehead atoms. The number of carbonyl (C=O) groups is 1. The third-order valence-corrected chi connectivity index (χ3v) is 6.14. The Kier molecular flexibility index (Phi) is 6.05. The van der Waals surface area contributed by atoms with Gasteiger partial charge in [0.15, 0.2) is 0 Å². The summed E-state index contributed by atoms with van der Waals surface area (Å²) in [6.07, 6.45) is 7.47. The van der Waals surface area contributed by atoms with Crippen LogP contribution in [0.3, 0.4) is 0 Å². The van der Waals surface area contributed by atoms with Gasteiger partial charge in [-0.15, -0.1) is 0 Å². The number of hydrogen-bond acceptors (Lipinski definition) is 3. The molecule has 1 heterocycles. The molecule has 1 saturated carbocycles. The molecule has 0 radical (unpaired) electrons. The van der Waals surface area contributed by atoms with E-state index < -0.39 is 10.0 Å². The predicted octanol–water partition coefficient (Wildman–Crippen LogP) is 1.89. The summed E-state index contributed by atoms with van der Waals surface area (Å²) < 4.78 is 26.6. The predicted molar refractivity (Wildman–Crippen MR) is 83.4 cm³/mol. The van der Waals surface area contributed by atoms with Crippen LogP contribution in [0, 0.1) is 5.92 Å². The first-order chi connectivity index (χ1) is 10.0. The molecule has 122 valence electrons. The Morgan fingerprint density at radius 1 is 1.14 bits per heavy atom. The number of carbonyl (C=O) groups excluding carboxylic acids is 1. The number of nitrogens with zero attached hydrogens (tertiary/aromatic N) is 1. The van der Waals surface area contributed by atoms with E-state index in [2.05, 4.69) is 4.72 Å². The third-order valence-electron chi connectivity index (χ3n) is 4.62. The van der Waals surface area contributed by atoms with Gasteiger partial charge in [0.2, 0.25) is 15.9 Å². The van der Waals surface area contributed by atoms with E-state index in [4.69, 9.17) is 0 Å². The Balaban J connectivity index is 1.76. The van der Waals surface area contributed by atoms with Crippen molar-refractivity contribution in [3.63, 3.8) is 0 Å². The lowest BCUT2D eigenvalue weighted by atomic mass is 10.0. The Hall–Kier alpha value is -0.620. The van der Waals surface area contributed by atoms with Crippen LogP contribution in [0.2, 0.25) is 0 Å². The van der Waals surface area contributed by atoms with Gasteiger partial charge in [-0.2, -0.15) is 0 Å². The van der Waals surface area contributed by atoms with Gasteiger partial charge in [-0.05, 0) is 32.1 Å². The molecule has 1 N–H and O–H groups in total. The van der Waals surface area contributed by atoms with Gasteiger partial charge in [0, 0.05) is 25.0 Å². The molecule has 1 saturated heterocycles. The zero-order chi connectivity index (χ0) is 15.3. The minimum atomic E-state index is -3.15. The summed E-state index contributed by atoms with van der Waals surface area (Å²) in [5, 5.41) is 0. The molecule has 0 spiro atoms. The van der Waals surface area contributed by atoms with Crippen LogP contribution in [-0.2, 0) is 14.8 Å². The van der Waals surface area contributed by atoms with E-state index in [0.29, 0.717) is 25.4 Å². The molecular weight excluding hydrogens is 288 g/mol. The first-order valence-electron chi connectivity index (χ1n) is 8.30. The van der Waals surface area contributed by atoms with Gasteiger partial charge in [-0.3, -0.25) is 4.79 Å². The average molecular weight is 316 g/mol. The lowest BCUT2D eigenvalue weighted by Crippen LogP contribution is -2.48. The number of amides is 1. The van der Waals surface area contributed by atoms with Crippen LogP contribution < -0.4 is 4.72 Å². The molecule has 0 aromatic heterocycles. The lowest BCUT2D eigenvalue weighted by Gasteiger charge is -2.33. The Morgan fingerprint density at radius 3 is 2.33 bits per heavy atom. The first-order valence-corrected chi connectivity index (χ1v) is 9.96. The fourth-order valence-corrected chi connectivity index (χ4v) is 4.83. The normalized spacial score (nSPS) is 21.9. The van der Waals surface area contributed by atoms with Gasteiger partial charge in [-0.1, -0.05) is 26.2 Å². The van der Waals surface area contributed by atoms with Crippen LogP contribution in [-0.4, -0.2) is 44.1 Å². The van der Waals surface area contributed by atoms with E-state index in [1.54, 1.807) is 0 Å². The van der Waals surface area contributed by atoms with E-state index in [1.807, 2.05) is 11.8 Å². The van der Waals surface area contributed by atoms with E-state index in [0.717, 1.165) is 32.1 Å². The Bertz CT molecular complexity index is 436. The molecule has 0 aromatic carbocycles. The van der Waals surface area contributed by atoms with E-state index in [1.165, 1.54) is 12.8 Å². The highest BCUT2D eigenvalue weighted by molar-refractivity contribution is 7.89. The standard InChI is InChI=1S/C15H28N2O3S/c1-2-3-12-21(19,20)16-14-8-10-17(11-9-14)15(18)13-6-4-5-7-13/h13-14,16H,2-12H2,1H3. The summed E-state index contributed by atoms with van der Waals surface area (Å²) in [5.41, 5.74) is 0. The third kappa shape index (κ3) is 4.95. The minimum Gasteiger partial charge on any atom is -0.342 e. The highest BCUT2D eigenvalue weighted by Gasteiger charge is 2.30. The van der Waals surface area contributed by atoms with Crippen molar-refractivity contribution < 1.29 is 13.2 Å². The average Bonchev–Trinajstić information content (AvgIpc) is 2.99. The maximum absolute atomic E-state index is 12.3. The second-order valence-corrected chi connectivity index (χ2v) is 8.24. The summed E-state index contributed by atoms with van der Waals surface area (Å²) in [6, 6.07) is -0.000478. The monoisotopic (exact) mass is 316 g/mol. The van der Waals surface area contributed by atoms with Gasteiger partial charge < -0.3 is 4.90 Å². The highest BCUT2D eigenvalue weighted by Crippen LogP contribution is 2.27. The molecule has 1 aliphatic heterocycles. The van der Waals surface area contributed by atoms with Crippen molar-refractivity contribution >= 4 is 15.9 Å². The van der Waals surface area contributed by atoms with Crippen LogP contribution >= 0.6 is 0 Å². The number of hydrogen-bond donors (Lipinski definition) is 1. The van der Waals surface area contributed by atoms with Crippen LogP contribution in [0.5, 0.6) is 0 Å². The molecular formula is C15H28N2O3S. The number of piperidine rings is 1. The van der Waals surface area contributed by atoms with Gasteiger partial charge in [0.1, 0.15) is 0 Å². The largest absolute Gasteiger partial charge is 0.342 e. The SMILES string of the molecule is CCCCS(=O)(=O)NC1CCN(C(=O)C2CCCC2)CC1. The van der Waals surface area contributed by atoms with Gasteiger partial charge in [0.25, 0.3) is 0 Å². The summed E-state index contributed by atoms with van der Waals surface area (Å²) in [6.45, 7) is 3.37. The quantitative estimate of drug-likeness (QED) is 0.814. The molecule has 1 aliphatic carbocycles. The van der Waals surface area contributed by atoms with Crippen molar-refractivity contribution in [3.8, 4) is 0 Å². The minimum absolute atomic E-state index is 0.000478. The fourth-order valence-electron chi connectivity index (χ4n) is 3.30. The Morgan fingerprint density at radius 2 is 1.76 bits per heavy atom. The number of nitrogens with one attached hydrogen (secondary N) is 1.